The Morgan fingerprint density at radius 3 is 2.35 bits per heavy atom. The zero-order valence-electron chi connectivity index (χ0n) is 8.68. The van der Waals surface area contributed by atoms with Gasteiger partial charge in [0, 0.05) is 12.6 Å². The van der Waals surface area contributed by atoms with Crippen molar-refractivity contribution in [3.8, 4) is 5.88 Å². The molecule has 0 saturated carbocycles. The van der Waals surface area contributed by atoms with Crippen molar-refractivity contribution in [3.63, 3.8) is 0 Å². The SMILES string of the molecule is COc1cc(C(F)(F)F)c(C(F)F)c(CN)n1. The van der Waals surface area contributed by atoms with E-state index in [1.54, 1.807) is 0 Å². The summed E-state index contributed by atoms with van der Waals surface area (Å²) in [7, 11) is 1.09. The van der Waals surface area contributed by atoms with E-state index in [4.69, 9.17) is 5.73 Å². The van der Waals surface area contributed by atoms with Gasteiger partial charge in [0.25, 0.3) is 6.43 Å². The Bertz CT molecular complexity index is 405. The summed E-state index contributed by atoms with van der Waals surface area (Å²) >= 11 is 0. The number of ether oxygens (including phenoxy) is 1. The molecule has 1 aromatic rings. The largest absolute Gasteiger partial charge is 0.481 e. The predicted molar refractivity (Wildman–Crippen MR) is 48.6 cm³/mol. The number of hydrogen-bond acceptors (Lipinski definition) is 3. The van der Waals surface area contributed by atoms with E-state index in [2.05, 4.69) is 9.72 Å². The third-order valence-electron chi connectivity index (χ3n) is 2.04. The first-order chi connectivity index (χ1) is 7.81. The highest BCUT2D eigenvalue weighted by molar-refractivity contribution is 5.38. The van der Waals surface area contributed by atoms with Crippen LogP contribution >= 0.6 is 0 Å². The van der Waals surface area contributed by atoms with Crippen molar-refractivity contribution in [1.82, 2.24) is 4.98 Å². The van der Waals surface area contributed by atoms with Gasteiger partial charge in [-0.1, -0.05) is 0 Å². The number of halogens is 5. The number of aromatic nitrogens is 1. The van der Waals surface area contributed by atoms with Crippen molar-refractivity contribution in [2.75, 3.05) is 7.11 Å². The van der Waals surface area contributed by atoms with Crippen LogP contribution in [0.5, 0.6) is 5.88 Å². The van der Waals surface area contributed by atoms with Crippen molar-refractivity contribution in [2.45, 2.75) is 19.1 Å². The summed E-state index contributed by atoms with van der Waals surface area (Å²) in [5.41, 5.74) is 1.92. The van der Waals surface area contributed by atoms with E-state index >= 15 is 0 Å². The van der Waals surface area contributed by atoms with Crippen molar-refractivity contribution in [1.29, 1.82) is 0 Å². The molecule has 0 aliphatic heterocycles. The lowest BCUT2D eigenvalue weighted by Crippen LogP contribution is -2.16. The molecule has 96 valence electrons. The zero-order valence-corrected chi connectivity index (χ0v) is 8.68. The average Bonchev–Trinajstić information content (AvgIpc) is 2.25. The third-order valence-corrected chi connectivity index (χ3v) is 2.04. The quantitative estimate of drug-likeness (QED) is 0.845. The van der Waals surface area contributed by atoms with Crippen molar-refractivity contribution in [2.24, 2.45) is 5.73 Å². The van der Waals surface area contributed by atoms with Gasteiger partial charge in [-0.2, -0.15) is 13.2 Å². The first-order valence-electron chi connectivity index (χ1n) is 4.44. The Kier molecular flexibility index (Phi) is 3.87. The molecule has 1 heterocycles. The molecule has 3 nitrogen and oxygen atoms in total. The molecule has 0 saturated heterocycles. The molecular weight excluding hydrogens is 247 g/mol. The lowest BCUT2D eigenvalue weighted by Gasteiger charge is -2.16. The van der Waals surface area contributed by atoms with Crippen LogP contribution in [0.25, 0.3) is 0 Å². The van der Waals surface area contributed by atoms with E-state index in [1.807, 2.05) is 0 Å². The lowest BCUT2D eigenvalue weighted by atomic mass is 10.1. The summed E-state index contributed by atoms with van der Waals surface area (Å²) in [6, 6.07) is 0.431. The van der Waals surface area contributed by atoms with E-state index in [-0.39, 0.29) is 0 Å². The van der Waals surface area contributed by atoms with Gasteiger partial charge in [0.1, 0.15) is 0 Å². The van der Waals surface area contributed by atoms with Crippen LogP contribution in [0.4, 0.5) is 22.0 Å². The second-order valence-electron chi connectivity index (χ2n) is 3.08. The van der Waals surface area contributed by atoms with Gasteiger partial charge >= 0.3 is 6.18 Å². The third kappa shape index (κ3) is 2.82. The molecule has 0 amide bonds. The summed E-state index contributed by atoms with van der Waals surface area (Å²) in [5, 5.41) is 0. The van der Waals surface area contributed by atoms with Crippen molar-refractivity contribution < 1.29 is 26.7 Å². The number of pyridine rings is 1. The molecule has 2 N–H and O–H groups in total. The second kappa shape index (κ2) is 4.82. The van der Waals surface area contributed by atoms with Gasteiger partial charge in [-0.05, 0) is 0 Å². The Labute approximate surface area is 93.4 Å². The smallest absolute Gasteiger partial charge is 0.417 e. The number of rotatable bonds is 3. The molecule has 17 heavy (non-hydrogen) atoms. The van der Waals surface area contributed by atoms with Gasteiger partial charge in [0.05, 0.1) is 23.9 Å². The van der Waals surface area contributed by atoms with E-state index in [0.29, 0.717) is 6.07 Å². The molecular formula is C9H9F5N2O. The summed E-state index contributed by atoms with van der Waals surface area (Å²) in [4.78, 5) is 3.48. The number of methoxy groups -OCH3 is 1. The summed E-state index contributed by atoms with van der Waals surface area (Å²) < 4.78 is 67.5. The van der Waals surface area contributed by atoms with Gasteiger partial charge in [-0.15, -0.1) is 0 Å². The minimum atomic E-state index is -4.91. The number of nitrogens with zero attached hydrogens (tertiary/aromatic N) is 1. The molecule has 0 fully saturated rings. The maximum Gasteiger partial charge on any atom is 0.417 e. The molecule has 0 aromatic carbocycles. The minimum Gasteiger partial charge on any atom is -0.481 e. The highest BCUT2D eigenvalue weighted by Crippen LogP contribution is 2.39. The molecule has 0 bridgehead atoms. The van der Waals surface area contributed by atoms with Gasteiger partial charge in [-0.3, -0.25) is 0 Å². The van der Waals surface area contributed by atoms with E-state index in [0.717, 1.165) is 7.11 Å². The molecule has 0 unspecified atom stereocenters. The standard InChI is InChI=1S/C9H9F5N2O/c1-17-6-2-4(9(12,13)14)7(8(10)11)5(3-15)16-6/h2,8H,3,15H2,1H3. The van der Waals surface area contributed by atoms with Crippen LogP contribution in [0, 0.1) is 0 Å². The highest BCUT2D eigenvalue weighted by Gasteiger charge is 2.38. The van der Waals surface area contributed by atoms with E-state index in [1.165, 1.54) is 0 Å². The van der Waals surface area contributed by atoms with Crippen LogP contribution in [-0.4, -0.2) is 12.1 Å². The number of nitrogens with two attached hydrogens (primary N) is 1. The lowest BCUT2D eigenvalue weighted by molar-refractivity contribution is -0.139. The van der Waals surface area contributed by atoms with Gasteiger partial charge < -0.3 is 10.5 Å². The Morgan fingerprint density at radius 2 is 2.00 bits per heavy atom. The van der Waals surface area contributed by atoms with Gasteiger partial charge in [0.2, 0.25) is 5.88 Å². The van der Waals surface area contributed by atoms with Crippen LogP contribution in [0.2, 0.25) is 0 Å². The molecule has 1 rings (SSSR count). The monoisotopic (exact) mass is 256 g/mol. The first-order valence-corrected chi connectivity index (χ1v) is 4.44. The van der Waals surface area contributed by atoms with Crippen LogP contribution in [-0.2, 0) is 12.7 Å². The van der Waals surface area contributed by atoms with Gasteiger partial charge in [0.15, 0.2) is 0 Å². The zero-order chi connectivity index (χ0) is 13.2. The molecule has 0 spiro atoms. The maximum atomic E-state index is 12.6. The van der Waals surface area contributed by atoms with E-state index in [9.17, 15) is 22.0 Å². The van der Waals surface area contributed by atoms with E-state index < -0.39 is 41.8 Å². The number of alkyl halides is 5. The van der Waals surface area contributed by atoms with Crippen LogP contribution < -0.4 is 10.5 Å². The van der Waals surface area contributed by atoms with Crippen LogP contribution in [0.15, 0.2) is 6.07 Å². The summed E-state index contributed by atoms with van der Waals surface area (Å²) in [6.45, 7) is -0.528. The van der Waals surface area contributed by atoms with Crippen LogP contribution in [0.1, 0.15) is 23.2 Å². The summed E-state index contributed by atoms with van der Waals surface area (Å²) in [6.07, 6.45) is -8.21. The molecule has 1 aromatic heterocycles. The molecule has 0 aliphatic carbocycles. The molecule has 8 heteroatoms. The maximum absolute atomic E-state index is 12.6. The highest BCUT2D eigenvalue weighted by atomic mass is 19.4. The van der Waals surface area contributed by atoms with Crippen LogP contribution in [0.3, 0.4) is 0 Å². The van der Waals surface area contributed by atoms with Gasteiger partial charge in [-0.25, -0.2) is 13.8 Å². The Balaban J connectivity index is 3.52. The second-order valence-corrected chi connectivity index (χ2v) is 3.08. The first kappa shape index (κ1) is 13.6. The fourth-order valence-electron chi connectivity index (χ4n) is 1.32. The topological polar surface area (TPSA) is 48.1 Å². The predicted octanol–water partition coefficient (Wildman–Crippen LogP) is 2.51. The molecule has 0 radical (unpaired) electrons. The van der Waals surface area contributed by atoms with Crippen molar-refractivity contribution >= 4 is 0 Å². The normalized spacial score (nSPS) is 12.0. The molecule has 0 aliphatic rings. The van der Waals surface area contributed by atoms with Crippen molar-refractivity contribution in [3.05, 3.63) is 22.9 Å². The fraction of sp³-hybridized carbons (Fsp3) is 0.444. The number of hydrogen-bond donors (Lipinski definition) is 1. The fourth-order valence-corrected chi connectivity index (χ4v) is 1.32. The summed E-state index contributed by atoms with van der Waals surface area (Å²) in [5.74, 6) is -0.401. The molecule has 0 atom stereocenters. The average molecular weight is 256 g/mol. The minimum absolute atomic E-state index is 0.401. The Morgan fingerprint density at radius 1 is 1.41 bits per heavy atom. The Hall–Kier alpha value is -1.44.